The van der Waals surface area contributed by atoms with Gasteiger partial charge in [-0.05, 0) is 44.0 Å². The Hall–Kier alpha value is -2.40. The van der Waals surface area contributed by atoms with Crippen LogP contribution in [-0.2, 0) is 11.3 Å². The molecule has 3 rings (SSSR count). The van der Waals surface area contributed by atoms with Gasteiger partial charge in [0.1, 0.15) is 11.5 Å². The predicted octanol–water partition coefficient (Wildman–Crippen LogP) is 4.00. The Labute approximate surface area is 161 Å². The maximum atomic E-state index is 12.4. The van der Waals surface area contributed by atoms with Crippen LogP contribution in [0.25, 0.3) is 0 Å². The van der Waals surface area contributed by atoms with Gasteiger partial charge in [-0.3, -0.25) is 14.7 Å². The zero-order chi connectivity index (χ0) is 18.9. The number of nitrogens with zero attached hydrogens (tertiary/aromatic N) is 2. The standard InChI is InChI=1S/C22H29N3O2/c1-2-3-13-24-22(26)19-9-7-14-25(17-19)16-18-8-4-5-11-21(18)27-20-10-6-12-23-15-20/h4-6,8,10-12,15,19H,2-3,7,9,13-14,16-17H2,1H3,(H,24,26). The third-order valence-electron chi connectivity index (χ3n) is 4.93. The van der Waals surface area contributed by atoms with Crippen LogP contribution < -0.4 is 10.1 Å². The van der Waals surface area contributed by atoms with Gasteiger partial charge >= 0.3 is 0 Å². The van der Waals surface area contributed by atoms with Gasteiger partial charge in [0.05, 0.1) is 12.1 Å². The van der Waals surface area contributed by atoms with Crippen LogP contribution in [-0.4, -0.2) is 35.4 Å². The van der Waals surface area contributed by atoms with Crippen molar-refractivity contribution < 1.29 is 9.53 Å². The van der Waals surface area contributed by atoms with Crippen molar-refractivity contribution in [2.75, 3.05) is 19.6 Å². The summed E-state index contributed by atoms with van der Waals surface area (Å²) in [5, 5.41) is 3.08. The minimum Gasteiger partial charge on any atom is -0.455 e. The molecule has 1 aliphatic heterocycles. The van der Waals surface area contributed by atoms with Crippen molar-refractivity contribution in [3.8, 4) is 11.5 Å². The molecule has 1 N–H and O–H groups in total. The van der Waals surface area contributed by atoms with E-state index in [2.05, 4.69) is 28.2 Å². The van der Waals surface area contributed by atoms with Gasteiger partial charge in [-0.15, -0.1) is 0 Å². The van der Waals surface area contributed by atoms with Gasteiger partial charge in [-0.2, -0.15) is 0 Å². The van der Waals surface area contributed by atoms with Crippen LogP contribution in [0.5, 0.6) is 11.5 Å². The molecule has 1 aliphatic rings. The van der Waals surface area contributed by atoms with Crippen molar-refractivity contribution in [3.05, 3.63) is 54.4 Å². The minimum absolute atomic E-state index is 0.0852. The summed E-state index contributed by atoms with van der Waals surface area (Å²) in [5.74, 6) is 1.87. The molecule has 0 spiro atoms. The first kappa shape index (κ1) is 19.4. The molecular formula is C22H29N3O2. The number of likely N-dealkylation sites (tertiary alicyclic amines) is 1. The third kappa shape index (κ3) is 5.79. The number of pyridine rings is 1. The van der Waals surface area contributed by atoms with Crippen LogP contribution in [0.2, 0.25) is 0 Å². The quantitative estimate of drug-likeness (QED) is 0.717. The van der Waals surface area contributed by atoms with Crippen LogP contribution in [0.4, 0.5) is 0 Å². The van der Waals surface area contributed by atoms with Gasteiger partial charge in [0, 0.05) is 31.4 Å². The number of para-hydroxylation sites is 1. The molecule has 1 saturated heterocycles. The van der Waals surface area contributed by atoms with Crippen LogP contribution in [0.15, 0.2) is 48.8 Å². The Bertz CT molecular complexity index is 721. The fourth-order valence-corrected chi connectivity index (χ4v) is 3.46. The number of rotatable bonds is 8. The van der Waals surface area contributed by atoms with Crippen LogP contribution in [0.3, 0.4) is 0 Å². The van der Waals surface area contributed by atoms with E-state index in [4.69, 9.17) is 4.74 Å². The summed E-state index contributed by atoms with van der Waals surface area (Å²) in [5.41, 5.74) is 1.13. The summed E-state index contributed by atoms with van der Waals surface area (Å²) >= 11 is 0. The number of piperidine rings is 1. The lowest BCUT2D eigenvalue weighted by atomic mass is 9.96. The average Bonchev–Trinajstić information content (AvgIpc) is 2.71. The van der Waals surface area contributed by atoms with Gasteiger partial charge in [-0.25, -0.2) is 0 Å². The zero-order valence-electron chi connectivity index (χ0n) is 16.1. The molecule has 144 valence electrons. The average molecular weight is 367 g/mol. The summed E-state index contributed by atoms with van der Waals surface area (Å²) < 4.78 is 6.02. The number of nitrogens with one attached hydrogen (secondary N) is 1. The van der Waals surface area contributed by atoms with Crippen molar-refractivity contribution in [2.45, 2.75) is 39.2 Å². The number of hydrogen-bond acceptors (Lipinski definition) is 4. The number of hydrogen-bond donors (Lipinski definition) is 1. The Morgan fingerprint density at radius 3 is 3.00 bits per heavy atom. The number of benzene rings is 1. The van der Waals surface area contributed by atoms with Crippen LogP contribution in [0.1, 0.15) is 38.2 Å². The molecule has 1 aromatic carbocycles. The highest BCUT2D eigenvalue weighted by molar-refractivity contribution is 5.78. The van der Waals surface area contributed by atoms with Crippen molar-refractivity contribution >= 4 is 5.91 Å². The van der Waals surface area contributed by atoms with Gasteiger partial charge in [0.25, 0.3) is 0 Å². The lowest BCUT2D eigenvalue weighted by Crippen LogP contribution is -2.42. The van der Waals surface area contributed by atoms with E-state index in [-0.39, 0.29) is 11.8 Å². The monoisotopic (exact) mass is 367 g/mol. The number of ether oxygens (including phenoxy) is 1. The maximum absolute atomic E-state index is 12.4. The highest BCUT2D eigenvalue weighted by Crippen LogP contribution is 2.27. The first-order valence-corrected chi connectivity index (χ1v) is 9.92. The predicted molar refractivity (Wildman–Crippen MR) is 107 cm³/mol. The largest absolute Gasteiger partial charge is 0.455 e. The van der Waals surface area contributed by atoms with E-state index in [0.29, 0.717) is 0 Å². The second-order valence-corrected chi connectivity index (χ2v) is 7.12. The van der Waals surface area contributed by atoms with Crippen LogP contribution >= 0.6 is 0 Å². The van der Waals surface area contributed by atoms with E-state index in [1.807, 2.05) is 30.3 Å². The lowest BCUT2D eigenvalue weighted by Gasteiger charge is -2.32. The minimum atomic E-state index is 0.0852. The first-order valence-electron chi connectivity index (χ1n) is 9.92. The van der Waals surface area contributed by atoms with Gasteiger partial charge in [0.15, 0.2) is 0 Å². The molecule has 5 heteroatoms. The highest BCUT2D eigenvalue weighted by atomic mass is 16.5. The maximum Gasteiger partial charge on any atom is 0.224 e. The molecule has 1 aromatic heterocycles. The molecule has 1 unspecified atom stereocenters. The fourth-order valence-electron chi connectivity index (χ4n) is 3.46. The summed E-state index contributed by atoms with van der Waals surface area (Å²) in [4.78, 5) is 18.9. The van der Waals surface area contributed by atoms with E-state index >= 15 is 0 Å². The second-order valence-electron chi connectivity index (χ2n) is 7.12. The molecule has 0 bridgehead atoms. The van der Waals surface area contributed by atoms with Crippen molar-refractivity contribution in [1.29, 1.82) is 0 Å². The number of amides is 1. The summed E-state index contributed by atoms with van der Waals surface area (Å²) in [6.07, 6.45) is 7.62. The topological polar surface area (TPSA) is 54.5 Å². The van der Waals surface area contributed by atoms with Crippen molar-refractivity contribution in [3.63, 3.8) is 0 Å². The molecule has 1 atom stereocenters. The number of carbonyl (C=O) groups is 1. The fraction of sp³-hybridized carbons (Fsp3) is 0.455. The van der Waals surface area contributed by atoms with Crippen molar-refractivity contribution in [2.24, 2.45) is 5.92 Å². The smallest absolute Gasteiger partial charge is 0.224 e. The molecule has 1 amide bonds. The van der Waals surface area contributed by atoms with E-state index in [0.717, 1.165) is 68.9 Å². The summed E-state index contributed by atoms with van der Waals surface area (Å²) in [6.45, 7) is 5.53. The van der Waals surface area contributed by atoms with E-state index < -0.39 is 0 Å². The van der Waals surface area contributed by atoms with E-state index in [1.54, 1.807) is 12.4 Å². The van der Waals surface area contributed by atoms with Gasteiger partial charge in [-0.1, -0.05) is 31.5 Å². The molecule has 2 heterocycles. The second kappa shape index (κ2) is 10.1. The first-order chi connectivity index (χ1) is 13.3. The Balaban J connectivity index is 1.60. The van der Waals surface area contributed by atoms with Gasteiger partial charge < -0.3 is 10.1 Å². The third-order valence-corrected chi connectivity index (χ3v) is 4.93. The molecule has 2 aromatic rings. The zero-order valence-corrected chi connectivity index (χ0v) is 16.1. The SMILES string of the molecule is CCCCNC(=O)C1CCCN(Cc2ccccc2Oc2cccnc2)C1. The molecule has 0 aliphatic carbocycles. The van der Waals surface area contributed by atoms with Crippen molar-refractivity contribution in [1.82, 2.24) is 15.2 Å². The summed E-state index contributed by atoms with van der Waals surface area (Å²) in [7, 11) is 0. The molecule has 5 nitrogen and oxygen atoms in total. The molecule has 27 heavy (non-hydrogen) atoms. The number of unbranched alkanes of at least 4 members (excludes halogenated alkanes) is 1. The number of aromatic nitrogens is 1. The highest BCUT2D eigenvalue weighted by Gasteiger charge is 2.26. The molecule has 1 fully saturated rings. The Morgan fingerprint density at radius 1 is 1.30 bits per heavy atom. The number of carbonyl (C=O) groups excluding carboxylic acids is 1. The Morgan fingerprint density at radius 2 is 2.19 bits per heavy atom. The summed E-state index contributed by atoms with van der Waals surface area (Å²) in [6, 6.07) is 11.9. The molecule has 0 radical (unpaired) electrons. The Kier molecular flexibility index (Phi) is 7.22. The van der Waals surface area contributed by atoms with E-state index in [9.17, 15) is 4.79 Å². The van der Waals surface area contributed by atoms with E-state index in [1.165, 1.54) is 0 Å². The van der Waals surface area contributed by atoms with Crippen LogP contribution in [0, 0.1) is 5.92 Å². The lowest BCUT2D eigenvalue weighted by molar-refractivity contribution is -0.126. The molecular weight excluding hydrogens is 338 g/mol. The normalized spacial score (nSPS) is 17.4. The molecule has 0 saturated carbocycles. The van der Waals surface area contributed by atoms with Gasteiger partial charge in [0.2, 0.25) is 5.91 Å².